The highest BCUT2D eigenvalue weighted by Gasteiger charge is 2.46. The van der Waals surface area contributed by atoms with Crippen LogP contribution in [0.25, 0.3) is 0 Å². The average molecular weight is 157 g/mol. The fourth-order valence-corrected chi connectivity index (χ4v) is 1.74. The predicted molar refractivity (Wildman–Crippen MR) is 41.6 cm³/mol. The summed E-state index contributed by atoms with van der Waals surface area (Å²) in [6, 6.07) is 0. The second-order valence-electron chi connectivity index (χ2n) is 4.14. The Labute approximate surface area is 67.1 Å². The summed E-state index contributed by atoms with van der Waals surface area (Å²) in [4.78, 5) is 0. The van der Waals surface area contributed by atoms with Gasteiger partial charge in [-0.2, -0.15) is 0 Å². The van der Waals surface area contributed by atoms with Gasteiger partial charge >= 0.3 is 0 Å². The van der Waals surface area contributed by atoms with Crippen molar-refractivity contribution in [2.24, 2.45) is 0 Å². The molecule has 2 aliphatic rings. The molecule has 0 atom stereocenters. The Kier molecular flexibility index (Phi) is 1.50. The van der Waals surface area contributed by atoms with Gasteiger partial charge in [-0.15, -0.1) is 0 Å². The molecule has 0 saturated carbocycles. The second kappa shape index (κ2) is 2.19. The second-order valence-corrected chi connectivity index (χ2v) is 4.14. The van der Waals surface area contributed by atoms with Gasteiger partial charge in [-0.3, -0.25) is 0 Å². The summed E-state index contributed by atoms with van der Waals surface area (Å²) in [5.74, 6) is 0. The van der Waals surface area contributed by atoms with Crippen LogP contribution in [0.4, 0.5) is 0 Å². The molecular weight excluding hydrogens is 142 g/mol. The fraction of sp³-hybridized carbons (Fsp3) is 1.00. The molecule has 2 aliphatic heterocycles. The van der Waals surface area contributed by atoms with Crippen molar-refractivity contribution in [2.75, 3.05) is 26.3 Å². The maximum atomic E-state index is 5.91. The first kappa shape index (κ1) is 7.53. The van der Waals surface area contributed by atoms with Gasteiger partial charge in [0.05, 0.1) is 18.8 Å². The lowest BCUT2D eigenvalue weighted by atomic mass is 9.96. The van der Waals surface area contributed by atoms with Gasteiger partial charge in [-0.1, -0.05) is 0 Å². The molecule has 0 aromatic carbocycles. The molecule has 0 aliphatic carbocycles. The summed E-state index contributed by atoms with van der Waals surface area (Å²) in [6.45, 7) is 7.61. The van der Waals surface area contributed by atoms with E-state index >= 15 is 0 Å². The minimum absolute atomic E-state index is 0.00174. The van der Waals surface area contributed by atoms with Crippen LogP contribution in [0.1, 0.15) is 13.8 Å². The maximum Gasteiger partial charge on any atom is 0.128 e. The monoisotopic (exact) mass is 157 g/mol. The van der Waals surface area contributed by atoms with E-state index in [9.17, 15) is 0 Å². The lowest BCUT2D eigenvalue weighted by Gasteiger charge is -2.50. The first-order valence-corrected chi connectivity index (χ1v) is 4.11. The molecule has 2 fully saturated rings. The molecule has 0 unspecified atom stereocenters. The highest BCUT2D eigenvalue weighted by atomic mass is 16.6. The summed E-state index contributed by atoms with van der Waals surface area (Å²) in [7, 11) is 0. The van der Waals surface area contributed by atoms with Crippen LogP contribution in [-0.4, -0.2) is 37.5 Å². The summed E-state index contributed by atoms with van der Waals surface area (Å²) in [5, 5.41) is 3.36. The Balaban J connectivity index is 2.03. The Bertz CT molecular complexity index is 163. The zero-order valence-corrected chi connectivity index (χ0v) is 7.14. The first-order chi connectivity index (χ1) is 5.12. The Morgan fingerprint density at radius 1 is 1.18 bits per heavy atom. The molecule has 3 nitrogen and oxygen atoms in total. The van der Waals surface area contributed by atoms with Gasteiger partial charge in [0, 0.05) is 13.1 Å². The number of rotatable bonds is 0. The molecule has 2 rings (SSSR count). The van der Waals surface area contributed by atoms with Gasteiger partial charge in [-0.25, -0.2) is 0 Å². The van der Waals surface area contributed by atoms with Crippen molar-refractivity contribution in [3.05, 3.63) is 0 Å². The van der Waals surface area contributed by atoms with Crippen molar-refractivity contribution in [3.8, 4) is 0 Å². The van der Waals surface area contributed by atoms with Crippen molar-refractivity contribution >= 4 is 0 Å². The largest absolute Gasteiger partial charge is 0.375 e. The quantitative estimate of drug-likeness (QED) is 0.543. The normalized spacial score (nSPS) is 33.3. The molecule has 2 saturated heterocycles. The van der Waals surface area contributed by atoms with Crippen LogP contribution in [-0.2, 0) is 9.47 Å². The molecule has 3 heteroatoms. The molecule has 0 aromatic rings. The minimum Gasteiger partial charge on any atom is -0.375 e. The summed E-state index contributed by atoms with van der Waals surface area (Å²) in [5.41, 5.74) is -0.0240. The third-order valence-electron chi connectivity index (χ3n) is 2.22. The molecule has 0 bridgehead atoms. The molecule has 11 heavy (non-hydrogen) atoms. The van der Waals surface area contributed by atoms with E-state index in [-0.39, 0.29) is 11.2 Å². The van der Waals surface area contributed by atoms with Crippen molar-refractivity contribution in [2.45, 2.75) is 25.0 Å². The smallest absolute Gasteiger partial charge is 0.128 e. The molecule has 64 valence electrons. The van der Waals surface area contributed by atoms with E-state index in [1.54, 1.807) is 0 Å². The van der Waals surface area contributed by atoms with E-state index in [1.165, 1.54) is 0 Å². The molecular formula is C8H15NO2. The van der Waals surface area contributed by atoms with Gasteiger partial charge in [0.15, 0.2) is 0 Å². The molecule has 0 aromatic heterocycles. The molecule has 1 spiro atoms. The Morgan fingerprint density at radius 2 is 1.91 bits per heavy atom. The van der Waals surface area contributed by atoms with Gasteiger partial charge in [0.2, 0.25) is 0 Å². The van der Waals surface area contributed by atoms with E-state index < -0.39 is 0 Å². The molecule has 0 amide bonds. The molecule has 2 heterocycles. The topological polar surface area (TPSA) is 30.5 Å². The van der Waals surface area contributed by atoms with Crippen molar-refractivity contribution in [1.29, 1.82) is 0 Å². The SMILES string of the molecule is CC1(C)CNCC2(COC2)O1. The number of nitrogens with one attached hydrogen (secondary N) is 1. The van der Waals surface area contributed by atoms with Gasteiger partial charge < -0.3 is 14.8 Å². The summed E-state index contributed by atoms with van der Waals surface area (Å²) < 4.78 is 11.1. The third-order valence-corrected chi connectivity index (χ3v) is 2.22. The Hall–Kier alpha value is -0.120. The van der Waals surface area contributed by atoms with Crippen molar-refractivity contribution in [1.82, 2.24) is 5.32 Å². The average Bonchev–Trinajstić information content (AvgIpc) is 1.82. The molecule has 1 N–H and O–H groups in total. The van der Waals surface area contributed by atoms with Crippen LogP contribution in [0.15, 0.2) is 0 Å². The third kappa shape index (κ3) is 1.28. The van der Waals surface area contributed by atoms with Gasteiger partial charge in [-0.05, 0) is 13.8 Å². The van der Waals surface area contributed by atoms with Crippen LogP contribution in [0, 0.1) is 0 Å². The fourth-order valence-electron chi connectivity index (χ4n) is 1.74. The zero-order chi connectivity index (χ0) is 7.95. The van der Waals surface area contributed by atoms with Gasteiger partial charge in [0.25, 0.3) is 0 Å². The number of hydrogen-bond donors (Lipinski definition) is 1. The lowest BCUT2D eigenvalue weighted by molar-refractivity contribution is -0.265. The summed E-state index contributed by atoms with van der Waals surface area (Å²) in [6.07, 6.45) is 0. The number of morpholine rings is 1. The Morgan fingerprint density at radius 3 is 2.27 bits per heavy atom. The van der Waals surface area contributed by atoms with Crippen LogP contribution < -0.4 is 5.32 Å². The highest BCUT2D eigenvalue weighted by molar-refractivity contribution is 4.97. The van der Waals surface area contributed by atoms with E-state index in [0.29, 0.717) is 0 Å². The predicted octanol–water partition coefficient (Wildman–Crippen LogP) is 0.154. The first-order valence-electron chi connectivity index (χ1n) is 4.11. The van der Waals surface area contributed by atoms with E-state index in [0.717, 1.165) is 26.3 Å². The standard InChI is InChI=1S/C8H15NO2/c1-7(2)3-9-4-8(11-7)5-10-6-8/h9H,3-6H2,1-2H3. The van der Waals surface area contributed by atoms with Crippen molar-refractivity contribution < 1.29 is 9.47 Å². The van der Waals surface area contributed by atoms with Crippen LogP contribution in [0.3, 0.4) is 0 Å². The van der Waals surface area contributed by atoms with Crippen LogP contribution in [0.2, 0.25) is 0 Å². The van der Waals surface area contributed by atoms with E-state index in [4.69, 9.17) is 9.47 Å². The summed E-state index contributed by atoms with van der Waals surface area (Å²) >= 11 is 0. The van der Waals surface area contributed by atoms with Gasteiger partial charge in [0.1, 0.15) is 5.60 Å². The lowest BCUT2D eigenvalue weighted by Crippen LogP contribution is -2.66. The van der Waals surface area contributed by atoms with E-state index in [1.807, 2.05) is 0 Å². The number of ether oxygens (including phenoxy) is 2. The van der Waals surface area contributed by atoms with Crippen LogP contribution >= 0.6 is 0 Å². The zero-order valence-electron chi connectivity index (χ0n) is 7.14. The minimum atomic E-state index is -0.0258. The number of hydrogen-bond acceptors (Lipinski definition) is 3. The van der Waals surface area contributed by atoms with Crippen LogP contribution in [0.5, 0.6) is 0 Å². The van der Waals surface area contributed by atoms with E-state index in [2.05, 4.69) is 19.2 Å². The highest BCUT2D eigenvalue weighted by Crippen LogP contribution is 2.29. The van der Waals surface area contributed by atoms with Crippen molar-refractivity contribution in [3.63, 3.8) is 0 Å². The maximum absolute atomic E-state index is 5.91. The molecule has 0 radical (unpaired) electrons.